The number of aryl methyl sites for hydroxylation is 2. The van der Waals surface area contributed by atoms with Crippen molar-refractivity contribution in [2.45, 2.75) is 33.2 Å². The number of imidazole rings is 1. The second-order valence-corrected chi connectivity index (χ2v) is 9.82. The Bertz CT molecular complexity index is 1440. The summed E-state index contributed by atoms with van der Waals surface area (Å²) in [7, 11) is 1.63. The molecule has 1 N–H and O–H groups in total. The van der Waals surface area contributed by atoms with Crippen LogP contribution in [0.15, 0.2) is 79.0 Å². The smallest absolute Gasteiger partial charge is 0.246 e. The molecule has 0 saturated heterocycles. The summed E-state index contributed by atoms with van der Waals surface area (Å²) in [6.45, 7) is 4.48. The molecule has 0 spiro atoms. The highest BCUT2D eigenvalue weighted by atomic mass is 16.5. The maximum absolute atomic E-state index is 13.3. The van der Waals surface area contributed by atoms with Gasteiger partial charge in [0, 0.05) is 29.9 Å². The minimum Gasteiger partial charge on any atom is -0.497 e. The molecule has 4 aromatic rings. The Morgan fingerprint density at radius 1 is 1.00 bits per heavy atom. The van der Waals surface area contributed by atoms with Crippen molar-refractivity contribution in [2.24, 2.45) is 5.92 Å². The molecule has 0 unspecified atom stereocenters. The predicted molar refractivity (Wildman–Crippen MR) is 148 cm³/mol. The number of carbonyl (C=O) groups excluding carboxylic acids is 2. The summed E-state index contributed by atoms with van der Waals surface area (Å²) >= 11 is 0. The van der Waals surface area contributed by atoms with Crippen LogP contribution in [0.1, 0.15) is 29.5 Å². The van der Waals surface area contributed by atoms with Crippen LogP contribution in [0.4, 0.5) is 5.95 Å². The van der Waals surface area contributed by atoms with Crippen molar-refractivity contribution >= 4 is 17.8 Å². The molecular weight excluding hydrogens is 476 g/mol. The van der Waals surface area contributed by atoms with Gasteiger partial charge in [-0.15, -0.1) is 0 Å². The number of benzene rings is 3. The van der Waals surface area contributed by atoms with Crippen LogP contribution >= 0.6 is 0 Å². The van der Waals surface area contributed by atoms with E-state index in [1.807, 2.05) is 71.4 Å². The van der Waals surface area contributed by atoms with E-state index in [0.29, 0.717) is 12.5 Å². The second kappa shape index (κ2) is 10.9. The zero-order valence-corrected chi connectivity index (χ0v) is 22.0. The van der Waals surface area contributed by atoms with Gasteiger partial charge in [0.1, 0.15) is 12.3 Å². The fourth-order valence-electron chi connectivity index (χ4n) is 4.38. The van der Waals surface area contributed by atoms with Crippen LogP contribution in [-0.4, -0.2) is 39.9 Å². The number of aromatic nitrogens is 2. The van der Waals surface area contributed by atoms with Crippen molar-refractivity contribution in [3.63, 3.8) is 0 Å². The predicted octanol–water partition coefficient (Wildman–Crippen LogP) is 5.54. The number of anilines is 1. The summed E-state index contributed by atoms with van der Waals surface area (Å²) in [4.78, 5) is 32.8. The number of amides is 2. The van der Waals surface area contributed by atoms with E-state index in [1.54, 1.807) is 12.0 Å². The summed E-state index contributed by atoms with van der Waals surface area (Å²) in [6, 6.07) is 23.5. The highest BCUT2D eigenvalue weighted by molar-refractivity contribution is 5.94. The second-order valence-electron chi connectivity index (χ2n) is 9.82. The van der Waals surface area contributed by atoms with Gasteiger partial charge in [-0.25, -0.2) is 4.98 Å². The summed E-state index contributed by atoms with van der Waals surface area (Å²) in [5.74, 6) is 0.926. The van der Waals surface area contributed by atoms with Crippen molar-refractivity contribution in [1.82, 2.24) is 14.5 Å². The van der Waals surface area contributed by atoms with E-state index in [1.165, 1.54) is 5.56 Å². The quantitative estimate of drug-likeness (QED) is 0.322. The molecule has 1 aromatic heterocycles. The molecule has 1 saturated carbocycles. The van der Waals surface area contributed by atoms with Crippen molar-refractivity contribution in [2.75, 3.05) is 19.0 Å². The van der Waals surface area contributed by atoms with Gasteiger partial charge >= 0.3 is 0 Å². The highest BCUT2D eigenvalue weighted by Crippen LogP contribution is 2.32. The zero-order chi connectivity index (χ0) is 26.6. The molecule has 1 fully saturated rings. The molecule has 1 heterocycles. The lowest BCUT2D eigenvalue weighted by Gasteiger charge is -2.22. The van der Waals surface area contributed by atoms with E-state index in [-0.39, 0.29) is 24.3 Å². The molecule has 5 rings (SSSR count). The normalized spacial score (nSPS) is 12.7. The molecule has 1 aliphatic rings. The molecule has 2 amide bonds. The van der Waals surface area contributed by atoms with Crippen LogP contribution in [0, 0.1) is 19.8 Å². The molecule has 1 aliphatic carbocycles. The van der Waals surface area contributed by atoms with E-state index in [9.17, 15) is 9.59 Å². The number of nitrogens with zero attached hydrogens (tertiary/aromatic N) is 3. The van der Waals surface area contributed by atoms with Crippen LogP contribution in [0.25, 0.3) is 16.9 Å². The van der Waals surface area contributed by atoms with Crippen molar-refractivity contribution < 1.29 is 14.3 Å². The van der Waals surface area contributed by atoms with Gasteiger partial charge in [0.2, 0.25) is 17.8 Å². The standard InChI is InChI=1S/C31H32N4O3/c1-21-9-14-26(17-22(21)2)35-19-28(24-12-15-27(38-3)16-13-24)32-31(35)33-29(36)20-34(30(37)25-10-11-25)18-23-7-5-4-6-8-23/h4-9,12-17,19,25H,10-11,18,20H2,1-3H3,(H,32,33,36). The SMILES string of the molecule is COc1ccc(-c2cn(-c3ccc(C)c(C)c3)c(NC(=O)CN(Cc3ccccc3)C(=O)C3CC3)n2)cc1. The first-order chi connectivity index (χ1) is 18.4. The summed E-state index contributed by atoms with van der Waals surface area (Å²) in [5.41, 5.74) is 5.84. The summed E-state index contributed by atoms with van der Waals surface area (Å²) in [5, 5.41) is 2.98. The Morgan fingerprint density at radius 2 is 1.74 bits per heavy atom. The number of nitrogens with one attached hydrogen (secondary N) is 1. The Labute approximate surface area is 223 Å². The van der Waals surface area contributed by atoms with Gasteiger partial charge in [0.25, 0.3) is 0 Å². The summed E-state index contributed by atoms with van der Waals surface area (Å²) < 4.78 is 7.17. The van der Waals surface area contributed by atoms with Crippen LogP contribution < -0.4 is 10.1 Å². The third kappa shape index (κ3) is 5.78. The molecule has 0 bridgehead atoms. The van der Waals surface area contributed by atoms with Crippen LogP contribution in [0.2, 0.25) is 0 Å². The van der Waals surface area contributed by atoms with Gasteiger partial charge < -0.3 is 9.64 Å². The molecule has 0 aliphatic heterocycles. The van der Waals surface area contributed by atoms with E-state index < -0.39 is 0 Å². The lowest BCUT2D eigenvalue weighted by atomic mass is 10.1. The van der Waals surface area contributed by atoms with E-state index in [0.717, 1.165) is 46.7 Å². The monoisotopic (exact) mass is 508 g/mol. The lowest BCUT2D eigenvalue weighted by Crippen LogP contribution is -2.38. The maximum Gasteiger partial charge on any atom is 0.246 e. The molecule has 0 atom stereocenters. The molecule has 7 nitrogen and oxygen atoms in total. The number of hydrogen-bond acceptors (Lipinski definition) is 4. The minimum atomic E-state index is -0.285. The Hall–Kier alpha value is -4.39. The molecular formula is C31H32N4O3. The first kappa shape index (κ1) is 25.3. The van der Waals surface area contributed by atoms with Gasteiger partial charge in [-0.3, -0.25) is 19.5 Å². The molecule has 3 aromatic carbocycles. The fraction of sp³-hybridized carbons (Fsp3) is 0.258. The van der Waals surface area contributed by atoms with Crippen LogP contribution in [-0.2, 0) is 16.1 Å². The van der Waals surface area contributed by atoms with E-state index >= 15 is 0 Å². The Balaban J connectivity index is 1.43. The fourth-order valence-corrected chi connectivity index (χ4v) is 4.38. The van der Waals surface area contributed by atoms with Gasteiger partial charge in [-0.1, -0.05) is 36.4 Å². The van der Waals surface area contributed by atoms with Gasteiger partial charge in [-0.05, 0) is 79.8 Å². The van der Waals surface area contributed by atoms with Crippen LogP contribution in [0.3, 0.4) is 0 Å². The highest BCUT2D eigenvalue weighted by Gasteiger charge is 2.34. The van der Waals surface area contributed by atoms with Crippen molar-refractivity contribution in [3.05, 3.63) is 95.7 Å². The van der Waals surface area contributed by atoms with Crippen molar-refractivity contribution in [1.29, 1.82) is 0 Å². The zero-order valence-electron chi connectivity index (χ0n) is 22.0. The maximum atomic E-state index is 13.3. The molecule has 7 heteroatoms. The van der Waals surface area contributed by atoms with Crippen molar-refractivity contribution in [3.8, 4) is 22.7 Å². The third-order valence-corrected chi connectivity index (χ3v) is 6.90. The molecule has 38 heavy (non-hydrogen) atoms. The minimum absolute atomic E-state index is 0.0192. The van der Waals surface area contributed by atoms with Crippen LogP contribution in [0.5, 0.6) is 5.75 Å². The Kier molecular flexibility index (Phi) is 7.26. The average molecular weight is 509 g/mol. The molecule has 194 valence electrons. The Morgan fingerprint density at radius 3 is 2.39 bits per heavy atom. The number of hydrogen-bond donors (Lipinski definition) is 1. The van der Waals surface area contributed by atoms with Gasteiger partial charge in [0.15, 0.2) is 0 Å². The summed E-state index contributed by atoms with van der Waals surface area (Å²) in [6.07, 6.45) is 3.68. The van der Waals surface area contributed by atoms with Gasteiger partial charge in [0.05, 0.1) is 12.8 Å². The largest absolute Gasteiger partial charge is 0.497 e. The van der Waals surface area contributed by atoms with E-state index in [4.69, 9.17) is 9.72 Å². The number of methoxy groups -OCH3 is 1. The first-order valence-corrected chi connectivity index (χ1v) is 12.9. The first-order valence-electron chi connectivity index (χ1n) is 12.9. The topological polar surface area (TPSA) is 76.5 Å². The average Bonchev–Trinajstić information content (AvgIpc) is 3.70. The third-order valence-electron chi connectivity index (χ3n) is 6.90. The lowest BCUT2D eigenvalue weighted by molar-refractivity contribution is -0.136. The number of carbonyl (C=O) groups is 2. The number of rotatable bonds is 9. The molecule has 0 radical (unpaired) electrons. The van der Waals surface area contributed by atoms with Gasteiger partial charge in [-0.2, -0.15) is 0 Å². The van der Waals surface area contributed by atoms with E-state index in [2.05, 4.69) is 31.3 Å². The number of ether oxygens (including phenoxy) is 1.